The minimum atomic E-state index is -0.382. The Kier molecular flexibility index (Phi) is 6.59. The Bertz CT molecular complexity index is 981. The van der Waals surface area contributed by atoms with E-state index in [2.05, 4.69) is 10.6 Å². The van der Waals surface area contributed by atoms with E-state index in [-0.39, 0.29) is 22.7 Å². The highest BCUT2D eigenvalue weighted by atomic mass is 16.5. The van der Waals surface area contributed by atoms with Gasteiger partial charge in [-0.3, -0.25) is 14.4 Å². The van der Waals surface area contributed by atoms with Crippen LogP contribution in [0.2, 0.25) is 0 Å². The van der Waals surface area contributed by atoms with Gasteiger partial charge in [-0.2, -0.15) is 0 Å². The van der Waals surface area contributed by atoms with Crippen molar-refractivity contribution in [3.63, 3.8) is 0 Å². The fourth-order valence-electron chi connectivity index (χ4n) is 4.78. The molecular formula is C24H31N3O4. The third-order valence-electron chi connectivity index (χ3n) is 6.69. The lowest BCUT2D eigenvalue weighted by Gasteiger charge is -2.29. The molecule has 1 saturated heterocycles. The van der Waals surface area contributed by atoms with Crippen molar-refractivity contribution in [2.75, 3.05) is 37.0 Å². The quantitative estimate of drug-likeness (QED) is 0.632. The molecule has 0 bridgehead atoms. The van der Waals surface area contributed by atoms with E-state index in [9.17, 15) is 14.4 Å². The Labute approximate surface area is 182 Å². The van der Waals surface area contributed by atoms with E-state index < -0.39 is 0 Å². The topological polar surface area (TPSA) is 87.7 Å². The number of benzene rings is 1. The minimum absolute atomic E-state index is 0.0353. The Balaban J connectivity index is 1.22. The number of hydrogen-bond acceptors (Lipinski definition) is 6. The predicted octanol–water partition coefficient (Wildman–Crippen LogP) is 2.43. The molecule has 1 aliphatic heterocycles. The van der Waals surface area contributed by atoms with Gasteiger partial charge in [0.2, 0.25) is 5.91 Å². The van der Waals surface area contributed by atoms with Crippen LogP contribution in [0.25, 0.3) is 0 Å². The molecule has 0 radical (unpaired) electrons. The molecule has 0 atom stereocenters. The van der Waals surface area contributed by atoms with Crippen molar-refractivity contribution in [2.24, 2.45) is 11.8 Å². The van der Waals surface area contributed by atoms with Crippen LogP contribution in [-0.4, -0.2) is 32.7 Å². The maximum Gasteiger partial charge on any atom is 0.253 e. The zero-order valence-corrected chi connectivity index (χ0v) is 18.1. The lowest BCUT2D eigenvalue weighted by Crippen LogP contribution is -2.42. The average molecular weight is 426 g/mol. The predicted molar refractivity (Wildman–Crippen MR) is 122 cm³/mol. The van der Waals surface area contributed by atoms with Gasteiger partial charge in [0.05, 0.1) is 7.11 Å². The second-order valence-corrected chi connectivity index (χ2v) is 8.74. The summed E-state index contributed by atoms with van der Waals surface area (Å²) in [5.41, 5.74) is 1.39. The van der Waals surface area contributed by atoms with Crippen molar-refractivity contribution >= 4 is 17.3 Å². The molecular weight excluding hydrogens is 394 g/mol. The Hall–Kier alpha value is -2.83. The average Bonchev–Trinajstić information content (AvgIpc) is 3.34. The maximum absolute atomic E-state index is 12.6. The van der Waals surface area contributed by atoms with Crippen LogP contribution in [0.5, 0.6) is 5.75 Å². The molecule has 1 amide bonds. The maximum atomic E-state index is 12.6. The van der Waals surface area contributed by atoms with Gasteiger partial charge in [0.1, 0.15) is 17.1 Å². The Morgan fingerprint density at radius 1 is 1.10 bits per heavy atom. The van der Waals surface area contributed by atoms with E-state index in [1.165, 1.54) is 0 Å². The molecule has 1 aliphatic carbocycles. The van der Waals surface area contributed by atoms with Crippen LogP contribution in [0.15, 0.2) is 33.9 Å². The van der Waals surface area contributed by atoms with Crippen LogP contribution >= 0.6 is 0 Å². The molecule has 2 aliphatic rings. The molecule has 0 aromatic heterocycles. The summed E-state index contributed by atoms with van der Waals surface area (Å²) in [6.07, 6.45) is 5.73. The summed E-state index contributed by atoms with van der Waals surface area (Å²) in [6, 6.07) is 7.71. The molecule has 166 valence electrons. The number of rotatable bonds is 8. The number of methoxy groups -OCH3 is 1. The van der Waals surface area contributed by atoms with Crippen LogP contribution in [0, 0.1) is 11.8 Å². The van der Waals surface area contributed by atoms with Gasteiger partial charge < -0.3 is 20.3 Å². The molecule has 2 N–H and O–H groups in total. The van der Waals surface area contributed by atoms with E-state index in [0.29, 0.717) is 30.4 Å². The van der Waals surface area contributed by atoms with E-state index >= 15 is 0 Å². The molecule has 1 saturated carbocycles. The molecule has 31 heavy (non-hydrogen) atoms. The third-order valence-corrected chi connectivity index (χ3v) is 6.69. The van der Waals surface area contributed by atoms with Gasteiger partial charge in [0.15, 0.2) is 0 Å². The first-order valence-electron chi connectivity index (χ1n) is 11.3. The van der Waals surface area contributed by atoms with Gasteiger partial charge in [-0.15, -0.1) is 0 Å². The van der Waals surface area contributed by atoms with Crippen molar-refractivity contribution in [1.82, 2.24) is 5.32 Å². The second-order valence-electron chi connectivity index (χ2n) is 8.74. The molecule has 2 aromatic rings. The Morgan fingerprint density at radius 2 is 1.84 bits per heavy atom. The van der Waals surface area contributed by atoms with E-state index in [4.69, 9.17) is 4.74 Å². The molecule has 2 fully saturated rings. The summed E-state index contributed by atoms with van der Waals surface area (Å²) in [7, 11) is 1.63. The van der Waals surface area contributed by atoms with Crippen molar-refractivity contribution in [3.8, 4) is 5.75 Å². The number of anilines is 2. The summed E-state index contributed by atoms with van der Waals surface area (Å²) >= 11 is 0. The number of hydrogen-bond donors (Lipinski definition) is 2. The molecule has 2 aromatic carbocycles. The van der Waals surface area contributed by atoms with E-state index in [0.717, 1.165) is 62.9 Å². The normalized spacial score (nSPS) is 21.3. The third kappa shape index (κ3) is 4.75. The SMILES string of the molecule is COc1cccc(CNC(=O)C2CCC(CNc3c(N4CCCC4)c(=O)c3=O)CC2)c1. The van der Waals surface area contributed by atoms with Gasteiger partial charge >= 0.3 is 0 Å². The summed E-state index contributed by atoms with van der Waals surface area (Å²) in [5.74, 6) is 1.34. The number of nitrogens with one attached hydrogen (secondary N) is 2. The van der Waals surface area contributed by atoms with Gasteiger partial charge in [-0.25, -0.2) is 0 Å². The highest BCUT2D eigenvalue weighted by Gasteiger charge is 2.30. The van der Waals surface area contributed by atoms with Gasteiger partial charge in [-0.05, 0) is 62.1 Å². The summed E-state index contributed by atoms with van der Waals surface area (Å²) in [5, 5.41) is 6.30. The van der Waals surface area contributed by atoms with Gasteiger partial charge in [0, 0.05) is 32.1 Å². The fraction of sp³-hybridized carbons (Fsp3) is 0.542. The van der Waals surface area contributed by atoms with Crippen molar-refractivity contribution in [3.05, 3.63) is 50.3 Å². The fourth-order valence-corrected chi connectivity index (χ4v) is 4.78. The summed E-state index contributed by atoms with van der Waals surface area (Å²) in [4.78, 5) is 38.6. The molecule has 0 spiro atoms. The first-order chi connectivity index (χ1) is 15.1. The first-order valence-corrected chi connectivity index (χ1v) is 11.3. The minimum Gasteiger partial charge on any atom is -0.497 e. The number of carbonyl (C=O) groups is 1. The zero-order chi connectivity index (χ0) is 21.8. The van der Waals surface area contributed by atoms with Crippen LogP contribution in [0.3, 0.4) is 0 Å². The summed E-state index contributed by atoms with van der Waals surface area (Å²) in [6.45, 7) is 2.90. The van der Waals surface area contributed by atoms with Crippen LogP contribution in [-0.2, 0) is 11.3 Å². The first kappa shape index (κ1) is 21.4. The van der Waals surface area contributed by atoms with Gasteiger partial charge in [0.25, 0.3) is 10.9 Å². The zero-order valence-electron chi connectivity index (χ0n) is 18.1. The van der Waals surface area contributed by atoms with Gasteiger partial charge in [-0.1, -0.05) is 12.1 Å². The molecule has 7 nitrogen and oxygen atoms in total. The van der Waals surface area contributed by atoms with E-state index in [1.54, 1.807) is 7.11 Å². The second kappa shape index (κ2) is 9.54. The summed E-state index contributed by atoms with van der Waals surface area (Å²) < 4.78 is 5.23. The number of ether oxygens (including phenoxy) is 1. The monoisotopic (exact) mass is 425 g/mol. The Morgan fingerprint density at radius 3 is 2.55 bits per heavy atom. The van der Waals surface area contributed by atoms with Crippen molar-refractivity contribution in [1.29, 1.82) is 0 Å². The van der Waals surface area contributed by atoms with Crippen LogP contribution in [0.4, 0.5) is 11.4 Å². The van der Waals surface area contributed by atoms with Crippen molar-refractivity contribution < 1.29 is 9.53 Å². The van der Waals surface area contributed by atoms with Crippen molar-refractivity contribution in [2.45, 2.75) is 45.1 Å². The lowest BCUT2D eigenvalue weighted by atomic mass is 9.81. The molecule has 1 heterocycles. The largest absolute Gasteiger partial charge is 0.497 e. The highest BCUT2D eigenvalue weighted by Crippen LogP contribution is 2.30. The van der Waals surface area contributed by atoms with Crippen LogP contribution in [0.1, 0.15) is 44.1 Å². The number of amides is 1. The number of nitrogens with zero attached hydrogens (tertiary/aromatic N) is 1. The van der Waals surface area contributed by atoms with E-state index in [1.807, 2.05) is 29.2 Å². The standard InChI is InChI=1S/C24H31N3O4/c1-31-19-6-4-5-17(13-19)15-26-24(30)18-9-7-16(8-10-18)14-25-20-21(23(29)22(20)28)27-11-2-3-12-27/h4-6,13,16,18,25H,2-3,7-12,14-15H2,1H3,(H,26,30). The number of carbonyl (C=O) groups excluding carboxylic acids is 1. The van der Waals surface area contributed by atoms with Crippen LogP contribution < -0.4 is 31.1 Å². The molecule has 7 heteroatoms. The lowest BCUT2D eigenvalue weighted by molar-refractivity contribution is -0.126. The molecule has 0 unspecified atom stereocenters. The molecule has 4 rings (SSSR count). The highest BCUT2D eigenvalue weighted by molar-refractivity contribution is 5.78. The smallest absolute Gasteiger partial charge is 0.253 e.